The summed E-state index contributed by atoms with van der Waals surface area (Å²) in [7, 11) is -0.182. The van der Waals surface area contributed by atoms with E-state index in [1.54, 1.807) is 0 Å². The van der Waals surface area contributed by atoms with Crippen molar-refractivity contribution in [1.29, 1.82) is 0 Å². The van der Waals surface area contributed by atoms with Gasteiger partial charge in [-0.3, -0.25) is 0 Å². The maximum Gasteiger partial charge on any atom is 0.476 e. The van der Waals surface area contributed by atoms with Gasteiger partial charge in [-0.05, 0) is 49.9 Å². The number of halogens is 1. The minimum Gasteiger partial charge on any atom is -0.404 e. The molecule has 4 heteroatoms. The molecule has 2 aliphatic carbocycles. The zero-order chi connectivity index (χ0) is 16.2. The maximum atomic E-state index is 6.64. The first-order valence-electron chi connectivity index (χ1n) is 10.1. The van der Waals surface area contributed by atoms with Gasteiger partial charge in [0.1, 0.15) is 0 Å². The fourth-order valence-electron chi connectivity index (χ4n) is 4.91. The summed E-state index contributed by atoms with van der Waals surface area (Å²) in [5.41, 5.74) is 0. The van der Waals surface area contributed by atoms with Crippen LogP contribution in [0, 0.1) is 17.8 Å². The highest BCUT2D eigenvalue weighted by Gasteiger charge is 2.49. The molecule has 0 unspecified atom stereocenters. The lowest BCUT2D eigenvalue weighted by Crippen LogP contribution is -2.38. The van der Waals surface area contributed by atoms with E-state index in [2.05, 4.69) is 13.8 Å². The summed E-state index contributed by atoms with van der Waals surface area (Å²) in [5, 5.41) is -0.00492. The van der Waals surface area contributed by atoms with Crippen molar-refractivity contribution in [3.05, 3.63) is 0 Å². The van der Waals surface area contributed by atoms with Gasteiger partial charge in [-0.25, -0.2) is 0 Å². The van der Waals surface area contributed by atoms with Gasteiger partial charge >= 0.3 is 7.12 Å². The lowest BCUT2D eigenvalue weighted by Gasteiger charge is -2.35. The molecule has 0 amide bonds. The lowest BCUT2D eigenvalue weighted by atomic mass is 9.77. The van der Waals surface area contributed by atoms with Crippen LogP contribution in [0.5, 0.6) is 0 Å². The molecule has 3 fully saturated rings. The van der Waals surface area contributed by atoms with Gasteiger partial charge in [-0.1, -0.05) is 52.4 Å². The van der Waals surface area contributed by atoms with Crippen LogP contribution in [0.15, 0.2) is 0 Å². The Morgan fingerprint density at radius 3 is 1.65 bits per heavy atom. The van der Waals surface area contributed by atoms with Gasteiger partial charge in [-0.2, -0.15) is 0 Å². The Hall–Kier alpha value is 0.275. The fourth-order valence-corrected chi connectivity index (χ4v) is 5.39. The second-order valence-corrected chi connectivity index (χ2v) is 9.07. The van der Waals surface area contributed by atoms with Crippen LogP contribution in [0.2, 0.25) is 0 Å². The zero-order valence-corrected chi connectivity index (χ0v) is 15.8. The van der Waals surface area contributed by atoms with Gasteiger partial charge in [0.15, 0.2) is 0 Å². The first-order chi connectivity index (χ1) is 11.1. The summed E-state index contributed by atoms with van der Waals surface area (Å²) in [6, 6.07) is 0. The molecule has 2 nitrogen and oxygen atoms in total. The van der Waals surface area contributed by atoms with Gasteiger partial charge in [0.2, 0.25) is 0 Å². The molecule has 1 aliphatic heterocycles. The highest BCUT2D eigenvalue weighted by molar-refractivity contribution is 6.59. The first kappa shape index (κ1) is 18.1. The molecule has 23 heavy (non-hydrogen) atoms. The third-order valence-corrected chi connectivity index (χ3v) is 6.51. The Balaban J connectivity index is 1.67. The Morgan fingerprint density at radius 2 is 1.26 bits per heavy atom. The molecule has 0 radical (unpaired) electrons. The fraction of sp³-hybridized carbons (Fsp3) is 1.00. The van der Waals surface area contributed by atoms with E-state index < -0.39 is 0 Å². The topological polar surface area (TPSA) is 18.5 Å². The van der Waals surface area contributed by atoms with Gasteiger partial charge in [0.05, 0.1) is 17.5 Å². The third-order valence-electron chi connectivity index (χ3n) is 6.13. The van der Waals surface area contributed by atoms with Crippen LogP contribution < -0.4 is 0 Å². The Bertz CT molecular complexity index is 327. The molecule has 3 atom stereocenters. The van der Waals surface area contributed by atoms with Gasteiger partial charge < -0.3 is 9.31 Å². The van der Waals surface area contributed by atoms with Crippen molar-refractivity contribution >= 4 is 18.7 Å². The van der Waals surface area contributed by atoms with E-state index in [0.717, 1.165) is 6.42 Å². The number of hydrogen-bond donors (Lipinski definition) is 0. The highest BCUT2D eigenvalue weighted by atomic mass is 35.5. The summed E-state index contributed by atoms with van der Waals surface area (Å²) in [6.45, 7) is 4.45. The van der Waals surface area contributed by atoms with Crippen LogP contribution in [-0.4, -0.2) is 24.6 Å². The van der Waals surface area contributed by atoms with E-state index in [-0.39, 0.29) is 12.4 Å². The van der Waals surface area contributed by atoms with Crippen molar-refractivity contribution in [2.45, 2.75) is 102 Å². The number of rotatable bonds is 5. The van der Waals surface area contributed by atoms with Crippen LogP contribution in [-0.2, 0) is 9.31 Å². The maximum absolute atomic E-state index is 6.64. The van der Waals surface area contributed by atoms with E-state index in [0.29, 0.717) is 30.0 Å². The van der Waals surface area contributed by atoms with Gasteiger partial charge in [0, 0.05) is 0 Å². The van der Waals surface area contributed by atoms with Crippen LogP contribution in [0.4, 0.5) is 0 Å². The van der Waals surface area contributed by atoms with Crippen molar-refractivity contribution < 1.29 is 9.31 Å². The monoisotopic (exact) mass is 340 g/mol. The molecule has 0 spiro atoms. The molecule has 0 N–H and O–H groups in total. The van der Waals surface area contributed by atoms with Crippen molar-refractivity contribution in [3.63, 3.8) is 0 Å². The minimum absolute atomic E-state index is 0.00492. The average Bonchev–Trinajstić information content (AvgIpc) is 3.01. The SMILES string of the molecule is CC(C)C[C@@H](Cl)B1O[C@H](C2CCCCC2)[C@@H](C2CCCCC2)O1. The number of alkyl halides is 1. The van der Waals surface area contributed by atoms with Crippen molar-refractivity contribution in [2.24, 2.45) is 17.8 Å². The predicted octanol–water partition coefficient (Wildman–Crippen LogP) is 5.61. The average molecular weight is 341 g/mol. The van der Waals surface area contributed by atoms with Crippen molar-refractivity contribution in [1.82, 2.24) is 0 Å². The molecule has 3 aliphatic rings. The lowest BCUT2D eigenvalue weighted by molar-refractivity contribution is 0.0324. The second-order valence-electron chi connectivity index (χ2n) is 8.51. The predicted molar refractivity (Wildman–Crippen MR) is 97.7 cm³/mol. The highest BCUT2D eigenvalue weighted by Crippen LogP contribution is 2.41. The summed E-state index contributed by atoms with van der Waals surface area (Å²) in [6.07, 6.45) is 15.1. The van der Waals surface area contributed by atoms with E-state index in [1.165, 1.54) is 64.2 Å². The van der Waals surface area contributed by atoms with Gasteiger partial charge in [0.25, 0.3) is 0 Å². The molecule has 132 valence electrons. The van der Waals surface area contributed by atoms with Gasteiger partial charge in [-0.15, -0.1) is 11.6 Å². The molecular weight excluding hydrogens is 306 g/mol. The van der Waals surface area contributed by atoms with Crippen LogP contribution in [0.25, 0.3) is 0 Å². The van der Waals surface area contributed by atoms with Crippen LogP contribution in [0.3, 0.4) is 0 Å². The second kappa shape index (κ2) is 8.58. The molecule has 1 saturated heterocycles. The third kappa shape index (κ3) is 4.67. The van der Waals surface area contributed by atoms with E-state index in [1.807, 2.05) is 0 Å². The summed E-state index contributed by atoms with van der Waals surface area (Å²) in [4.78, 5) is 0. The molecule has 0 aromatic heterocycles. The largest absolute Gasteiger partial charge is 0.476 e. The molecule has 2 saturated carbocycles. The van der Waals surface area contributed by atoms with Crippen molar-refractivity contribution in [3.8, 4) is 0 Å². The minimum atomic E-state index is -0.182. The summed E-state index contributed by atoms with van der Waals surface area (Å²) < 4.78 is 13.0. The first-order valence-corrected chi connectivity index (χ1v) is 10.5. The standard InChI is InChI=1S/C19H34BClO2/c1-14(2)13-17(21)20-22-18(15-9-5-3-6-10-15)19(23-20)16-11-7-4-8-12-16/h14-19H,3-13H2,1-2H3/t17-,18-,19-/m1/s1. The van der Waals surface area contributed by atoms with E-state index in [4.69, 9.17) is 20.9 Å². The number of hydrogen-bond acceptors (Lipinski definition) is 2. The summed E-state index contributed by atoms with van der Waals surface area (Å²) in [5.74, 6) is 1.98. The zero-order valence-electron chi connectivity index (χ0n) is 15.0. The normalized spacial score (nSPS) is 32.6. The van der Waals surface area contributed by atoms with E-state index in [9.17, 15) is 0 Å². The van der Waals surface area contributed by atoms with Crippen molar-refractivity contribution in [2.75, 3.05) is 0 Å². The molecule has 3 rings (SSSR count). The summed E-state index contributed by atoms with van der Waals surface area (Å²) >= 11 is 6.64. The molecule has 0 aromatic carbocycles. The molecule has 0 bridgehead atoms. The van der Waals surface area contributed by atoms with Crippen LogP contribution >= 0.6 is 11.6 Å². The molecule has 0 aromatic rings. The Morgan fingerprint density at radius 1 is 0.826 bits per heavy atom. The Labute approximate surface area is 148 Å². The van der Waals surface area contributed by atoms with Crippen LogP contribution in [0.1, 0.15) is 84.5 Å². The van der Waals surface area contributed by atoms with E-state index >= 15 is 0 Å². The quantitative estimate of drug-likeness (QED) is 0.478. The molecule has 1 heterocycles. The smallest absolute Gasteiger partial charge is 0.404 e. The Kier molecular flexibility index (Phi) is 6.75. The molecular formula is C19H34BClO2.